The predicted molar refractivity (Wildman–Crippen MR) is 85.0 cm³/mol. The molecule has 0 bridgehead atoms. The molecule has 0 aliphatic carbocycles. The molecule has 102 valence electrons. The van der Waals surface area contributed by atoms with E-state index in [0.29, 0.717) is 0 Å². The van der Waals surface area contributed by atoms with Crippen LogP contribution in [0.3, 0.4) is 0 Å². The molecule has 0 amide bonds. The van der Waals surface area contributed by atoms with Gasteiger partial charge in [-0.05, 0) is 52.7 Å². The van der Waals surface area contributed by atoms with Gasteiger partial charge in [-0.1, -0.05) is 30.0 Å². The third-order valence-corrected chi connectivity index (χ3v) is 4.89. The lowest BCUT2D eigenvalue weighted by Crippen LogP contribution is -1.91. The third kappa shape index (κ3) is 2.75. The van der Waals surface area contributed by atoms with Gasteiger partial charge in [-0.2, -0.15) is 0 Å². The molecular formula is C15H13BrN2OS. The average molecular weight is 349 g/mol. The SMILES string of the molecule is C[C@H](O)c1ccc(Sc2nc3ccccc3[nH]2)c(Br)c1. The molecule has 0 saturated heterocycles. The van der Waals surface area contributed by atoms with E-state index in [1.807, 2.05) is 42.5 Å². The molecule has 0 aliphatic heterocycles. The number of aliphatic hydroxyl groups excluding tert-OH is 1. The summed E-state index contributed by atoms with van der Waals surface area (Å²) in [6, 6.07) is 13.8. The van der Waals surface area contributed by atoms with Gasteiger partial charge in [-0.3, -0.25) is 0 Å². The van der Waals surface area contributed by atoms with Crippen molar-refractivity contribution in [3.05, 3.63) is 52.5 Å². The summed E-state index contributed by atoms with van der Waals surface area (Å²) in [4.78, 5) is 8.90. The smallest absolute Gasteiger partial charge is 0.171 e. The number of para-hydroxylation sites is 2. The molecule has 0 spiro atoms. The maximum absolute atomic E-state index is 9.58. The zero-order valence-corrected chi connectivity index (χ0v) is 13.2. The fourth-order valence-corrected chi connectivity index (χ4v) is 3.39. The highest BCUT2D eigenvalue weighted by Crippen LogP contribution is 2.34. The van der Waals surface area contributed by atoms with E-state index >= 15 is 0 Å². The van der Waals surface area contributed by atoms with E-state index in [0.717, 1.165) is 31.1 Å². The Kier molecular flexibility index (Phi) is 3.83. The van der Waals surface area contributed by atoms with Crippen LogP contribution in [0, 0.1) is 0 Å². The Bertz CT molecular complexity index is 721. The van der Waals surface area contributed by atoms with E-state index in [2.05, 4.69) is 25.9 Å². The summed E-state index contributed by atoms with van der Waals surface area (Å²) in [6.07, 6.45) is -0.462. The maximum Gasteiger partial charge on any atom is 0.171 e. The Morgan fingerprint density at radius 2 is 2.05 bits per heavy atom. The summed E-state index contributed by atoms with van der Waals surface area (Å²) in [5.41, 5.74) is 2.89. The molecule has 5 heteroatoms. The van der Waals surface area contributed by atoms with Crippen molar-refractivity contribution in [3.8, 4) is 0 Å². The molecular weight excluding hydrogens is 336 g/mol. The topological polar surface area (TPSA) is 48.9 Å². The van der Waals surface area contributed by atoms with Crippen LogP contribution in [-0.4, -0.2) is 15.1 Å². The quantitative estimate of drug-likeness (QED) is 0.730. The standard InChI is InChI=1S/C15H13BrN2OS/c1-9(19)10-6-7-14(11(16)8-10)20-15-17-12-4-2-3-5-13(12)18-15/h2-9,19H,1H3,(H,17,18)/t9-/m0/s1. The molecule has 0 saturated carbocycles. The van der Waals surface area contributed by atoms with Crippen LogP contribution in [0.25, 0.3) is 11.0 Å². The number of benzene rings is 2. The van der Waals surface area contributed by atoms with E-state index in [9.17, 15) is 5.11 Å². The molecule has 2 aromatic carbocycles. The van der Waals surface area contributed by atoms with Gasteiger partial charge in [0.2, 0.25) is 0 Å². The van der Waals surface area contributed by atoms with Crippen LogP contribution >= 0.6 is 27.7 Å². The molecule has 3 rings (SSSR count). The van der Waals surface area contributed by atoms with Crippen LogP contribution < -0.4 is 0 Å². The Labute approximate surface area is 129 Å². The average Bonchev–Trinajstić information content (AvgIpc) is 2.83. The molecule has 0 radical (unpaired) electrons. The summed E-state index contributed by atoms with van der Waals surface area (Å²) < 4.78 is 0.960. The van der Waals surface area contributed by atoms with Crippen molar-refractivity contribution in [3.63, 3.8) is 0 Å². The van der Waals surface area contributed by atoms with E-state index in [1.54, 1.807) is 18.7 Å². The molecule has 0 unspecified atom stereocenters. The number of rotatable bonds is 3. The number of nitrogens with one attached hydrogen (secondary N) is 1. The zero-order chi connectivity index (χ0) is 14.1. The molecule has 2 N–H and O–H groups in total. The second-order valence-electron chi connectivity index (χ2n) is 4.53. The summed E-state index contributed by atoms with van der Waals surface area (Å²) >= 11 is 5.11. The number of fused-ring (bicyclic) bond motifs is 1. The fourth-order valence-electron chi connectivity index (χ4n) is 1.94. The molecule has 1 aromatic heterocycles. The Hall–Kier alpha value is -1.30. The van der Waals surface area contributed by atoms with Crippen molar-refractivity contribution in [2.75, 3.05) is 0 Å². The van der Waals surface area contributed by atoms with E-state index in [1.165, 1.54) is 0 Å². The first-order valence-electron chi connectivity index (χ1n) is 6.23. The molecule has 20 heavy (non-hydrogen) atoms. The van der Waals surface area contributed by atoms with Crippen LogP contribution in [0.15, 0.2) is 57.0 Å². The molecule has 0 fully saturated rings. The Morgan fingerprint density at radius 1 is 1.25 bits per heavy atom. The summed E-state index contributed by atoms with van der Waals surface area (Å²) in [6.45, 7) is 1.76. The number of halogens is 1. The summed E-state index contributed by atoms with van der Waals surface area (Å²) in [7, 11) is 0. The third-order valence-electron chi connectivity index (χ3n) is 3.01. The summed E-state index contributed by atoms with van der Waals surface area (Å²) in [5.74, 6) is 0. The highest BCUT2D eigenvalue weighted by molar-refractivity contribution is 9.10. The number of hydrogen-bond donors (Lipinski definition) is 2. The number of H-pyrrole nitrogens is 1. The number of aromatic nitrogens is 2. The first-order valence-corrected chi connectivity index (χ1v) is 7.84. The number of imidazole rings is 1. The first kappa shape index (κ1) is 13.7. The molecule has 0 aliphatic rings. The van der Waals surface area contributed by atoms with Crippen LogP contribution in [-0.2, 0) is 0 Å². The highest BCUT2D eigenvalue weighted by atomic mass is 79.9. The largest absolute Gasteiger partial charge is 0.389 e. The second-order valence-corrected chi connectivity index (χ2v) is 6.41. The van der Waals surface area contributed by atoms with Crippen molar-refractivity contribution >= 4 is 38.7 Å². The minimum Gasteiger partial charge on any atom is -0.389 e. The van der Waals surface area contributed by atoms with Crippen LogP contribution in [0.4, 0.5) is 0 Å². The number of aromatic amines is 1. The van der Waals surface area contributed by atoms with Gasteiger partial charge in [0.15, 0.2) is 5.16 Å². The Balaban J connectivity index is 1.90. The number of aliphatic hydroxyl groups is 1. The van der Waals surface area contributed by atoms with Gasteiger partial charge in [-0.25, -0.2) is 4.98 Å². The minimum absolute atomic E-state index is 0.462. The van der Waals surface area contributed by atoms with Gasteiger partial charge >= 0.3 is 0 Å². The summed E-state index contributed by atoms with van der Waals surface area (Å²) in [5, 5.41) is 10.4. The van der Waals surface area contributed by atoms with Crippen molar-refractivity contribution < 1.29 is 5.11 Å². The van der Waals surface area contributed by atoms with Gasteiger partial charge in [-0.15, -0.1) is 0 Å². The second kappa shape index (κ2) is 5.60. The van der Waals surface area contributed by atoms with Gasteiger partial charge < -0.3 is 10.1 Å². The monoisotopic (exact) mass is 348 g/mol. The molecule has 1 atom stereocenters. The normalized spacial score (nSPS) is 12.8. The molecule has 1 heterocycles. The van der Waals surface area contributed by atoms with Crippen molar-refractivity contribution in [2.24, 2.45) is 0 Å². The van der Waals surface area contributed by atoms with Gasteiger partial charge in [0.1, 0.15) is 0 Å². The van der Waals surface area contributed by atoms with Crippen LogP contribution in [0.5, 0.6) is 0 Å². The first-order chi connectivity index (χ1) is 9.63. The molecule has 3 aromatic rings. The van der Waals surface area contributed by atoms with Gasteiger partial charge in [0, 0.05) is 9.37 Å². The van der Waals surface area contributed by atoms with E-state index < -0.39 is 6.10 Å². The van der Waals surface area contributed by atoms with Crippen molar-refractivity contribution in [2.45, 2.75) is 23.1 Å². The van der Waals surface area contributed by atoms with Crippen molar-refractivity contribution in [1.82, 2.24) is 9.97 Å². The van der Waals surface area contributed by atoms with Gasteiger partial charge in [0.25, 0.3) is 0 Å². The highest BCUT2D eigenvalue weighted by Gasteiger charge is 2.09. The lowest BCUT2D eigenvalue weighted by Gasteiger charge is -2.07. The van der Waals surface area contributed by atoms with Crippen LogP contribution in [0.1, 0.15) is 18.6 Å². The number of nitrogens with zero attached hydrogens (tertiary/aromatic N) is 1. The lowest BCUT2D eigenvalue weighted by molar-refractivity contribution is 0.199. The van der Waals surface area contributed by atoms with Crippen molar-refractivity contribution in [1.29, 1.82) is 0 Å². The van der Waals surface area contributed by atoms with Gasteiger partial charge in [0.05, 0.1) is 17.1 Å². The zero-order valence-electron chi connectivity index (χ0n) is 10.8. The lowest BCUT2D eigenvalue weighted by atomic mass is 10.1. The maximum atomic E-state index is 9.58. The van der Waals surface area contributed by atoms with Crippen LogP contribution in [0.2, 0.25) is 0 Å². The van der Waals surface area contributed by atoms with E-state index in [-0.39, 0.29) is 0 Å². The Morgan fingerprint density at radius 3 is 2.75 bits per heavy atom. The van der Waals surface area contributed by atoms with E-state index in [4.69, 9.17) is 0 Å². The molecule has 3 nitrogen and oxygen atoms in total. The number of hydrogen-bond acceptors (Lipinski definition) is 3. The predicted octanol–water partition coefficient (Wildman–Crippen LogP) is 4.53. The fraction of sp³-hybridized carbons (Fsp3) is 0.133. The minimum atomic E-state index is -0.462.